The number of quaternary nitrogens is 1. The number of phosphoric ester groups is 1. The maximum atomic E-state index is 12.7. The lowest BCUT2D eigenvalue weighted by Crippen LogP contribution is -2.37. The minimum absolute atomic E-state index is 0.0311. The van der Waals surface area contributed by atoms with Crippen molar-refractivity contribution >= 4 is 19.8 Å². The highest BCUT2D eigenvalue weighted by molar-refractivity contribution is 7.47. The van der Waals surface area contributed by atoms with Crippen LogP contribution < -0.4 is 0 Å². The van der Waals surface area contributed by atoms with E-state index in [0.29, 0.717) is 17.4 Å². The molecule has 0 aliphatic rings. The summed E-state index contributed by atoms with van der Waals surface area (Å²) in [5.41, 5.74) is 0. The van der Waals surface area contributed by atoms with Crippen LogP contribution in [0.1, 0.15) is 181 Å². The van der Waals surface area contributed by atoms with E-state index in [-0.39, 0.29) is 32.0 Å². The van der Waals surface area contributed by atoms with E-state index in [1.54, 1.807) is 0 Å². The van der Waals surface area contributed by atoms with Gasteiger partial charge in [-0.25, -0.2) is 4.57 Å². The lowest BCUT2D eigenvalue weighted by molar-refractivity contribution is -0.870. The zero-order chi connectivity index (χ0) is 38.6. The smallest absolute Gasteiger partial charge is 0.462 e. The van der Waals surface area contributed by atoms with Crippen LogP contribution in [-0.4, -0.2) is 74.9 Å². The molecular weight excluding hydrogens is 677 g/mol. The van der Waals surface area contributed by atoms with E-state index >= 15 is 0 Å². The number of rotatable bonds is 38. The molecule has 0 aromatic carbocycles. The van der Waals surface area contributed by atoms with Gasteiger partial charge in [-0.1, -0.05) is 134 Å². The number of hydrogen-bond donors (Lipinski definition) is 1. The predicted molar refractivity (Wildman–Crippen MR) is 215 cm³/mol. The average Bonchev–Trinajstić information content (AvgIpc) is 3.09. The van der Waals surface area contributed by atoms with Crippen molar-refractivity contribution in [3.05, 3.63) is 24.3 Å². The Hall–Kier alpha value is -1.51. The van der Waals surface area contributed by atoms with Crippen molar-refractivity contribution in [2.24, 2.45) is 0 Å². The van der Waals surface area contributed by atoms with Crippen LogP contribution in [0.25, 0.3) is 0 Å². The Kier molecular flexibility index (Phi) is 34.2. The Balaban J connectivity index is 4.39. The third-order valence-corrected chi connectivity index (χ3v) is 9.94. The summed E-state index contributed by atoms with van der Waals surface area (Å²) >= 11 is 0. The SMILES string of the molecule is CCCC/C=C/CCCCCCCCCCCC(=O)O[C@H](COC(=O)CCCCCCC/C=C/CCCCCC)COP(=O)(O)OCC[N+](C)(C)C. The molecule has 0 aliphatic carbocycles. The van der Waals surface area contributed by atoms with E-state index in [9.17, 15) is 19.0 Å². The third-order valence-electron chi connectivity index (χ3n) is 8.95. The third kappa shape index (κ3) is 38.2. The van der Waals surface area contributed by atoms with Crippen LogP contribution in [0.3, 0.4) is 0 Å². The topological polar surface area (TPSA) is 108 Å². The normalized spacial score (nSPS) is 13.9. The Morgan fingerprint density at radius 3 is 1.48 bits per heavy atom. The quantitative estimate of drug-likeness (QED) is 0.0218. The van der Waals surface area contributed by atoms with Gasteiger partial charge in [-0.15, -0.1) is 0 Å². The zero-order valence-corrected chi connectivity index (χ0v) is 35.2. The fourth-order valence-corrected chi connectivity index (χ4v) is 6.32. The van der Waals surface area contributed by atoms with Gasteiger partial charge in [0.15, 0.2) is 6.10 Å². The molecular formula is C42H81NO8P+. The Bertz CT molecular complexity index is 949. The molecule has 0 aliphatic heterocycles. The van der Waals surface area contributed by atoms with Gasteiger partial charge in [-0.3, -0.25) is 18.6 Å². The van der Waals surface area contributed by atoms with Crippen molar-refractivity contribution in [1.82, 2.24) is 0 Å². The van der Waals surface area contributed by atoms with Crippen LogP contribution >= 0.6 is 7.82 Å². The van der Waals surface area contributed by atoms with Gasteiger partial charge in [-0.2, -0.15) is 0 Å². The molecule has 0 heterocycles. The number of allylic oxidation sites excluding steroid dienone is 4. The minimum Gasteiger partial charge on any atom is -0.462 e. The molecule has 0 saturated carbocycles. The van der Waals surface area contributed by atoms with Gasteiger partial charge in [-0.05, 0) is 57.8 Å². The summed E-state index contributed by atoms with van der Waals surface area (Å²) in [5, 5.41) is 0. The standard InChI is InChI=1S/C42H80NO8P/c1-6-8-10-12-14-16-18-20-21-23-25-27-29-31-33-35-42(45)51-40(39-50-52(46,47)49-37-36-43(3,4)5)38-48-41(44)34-32-30-28-26-24-22-19-17-15-13-11-9-7-2/h12,14,17,19,40H,6-11,13,15-16,18,20-39H2,1-5H3/p+1/b14-12+,19-17+/t40-/m1/s1. The summed E-state index contributed by atoms with van der Waals surface area (Å²) in [6.45, 7) is 4.37. The first-order chi connectivity index (χ1) is 25.0. The number of unbranched alkanes of at least 4 members (excludes halogenated alkanes) is 20. The highest BCUT2D eigenvalue weighted by Gasteiger charge is 2.27. The maximum Gasteiger partial charge on any atom is 0.472 e. The van der Waals surface area contributed by atoms with E-state index in [0.717, 1.165) is 57.8 Å². The molecule has 1 N–H and O–H groups in total. The van der Waals surface area contributed by atoms with Gasteiger partial charge < -0.3 is 18.9 Å². The highest BCUT2D eigenvalue weighted by atomic mass is 31.2. The molecule has 306 valence electrons. The first kappa shape index (κ1) is 50.5. The van der Waals surface area contributed by atoms with Crippen LogP contribution in [0, 0.1) is 0 Å². The second-order valence-corrected chi connectivity index (χ2v) is 16.8. The number of hydrogen-bond acceptors (Lipinski definition) is 7. The molecule has 0 radical (unpaired) electrons. The number of likely N-dealkylation sites (N-methyl/N-ethyl adjacent to an activating group) is 1. The molecule has 9 nitrogen and oxygen atoms in total. The summed E-state index contributed by atoms with van der Waals surface area (Å²) in [6, 6.07) is 0. The molecule has 0 fully saturated rings. The van der Waals surface area contributed by atoms with Crippen molar-refractivity contribution in [3.63, 3.8) is 0 Å². The second kappa shape index (κ2) is 35.2. The lowest BCUT2D eigenvalue weighted by atomic mass is 10.1. The molecule has 2 atom stereocenters. The number of carbonyl (C=O) groups is 2. The Morgan fingerprint density at radius 1 is 0.577 bits per heavy atom. The van der Waals surface area contributed by atoms with E-state index in [2.05, 4.69) is 38.2 Å². The van der Waals surface area contributed by atoms with E-state index in [1.807, 2.05) is 21.1 Å². The van der Waals surface area contributed by atoms with Crippen molar-refractivity contribution in [1.29, 1.82) is 0 Å². The molecule has 0 amide bonds. The monoisotopic (exact) mass is 759 g/mol. The first-order valence-corrected chi connectivity index (χ1v) is 22.6. The molecule has 0 aromatic heterocycles. The van der Waals surface area contributed by atoms with Crippen LogP contribution in [0.5, 0.6) is 0 Å². The van der Waals surface area contributed by atoms with Gasteiger partial charge in [0.2, 0.25) is 0 Å². The molecule has 0 bridgehead atoms. The van der Waals surface area contributed by atoms with Crippen molar-refractivity contribution in [2.75, 3.05) is 47.5 Å². The van der Waals surface area contributed by atoms with E-state index in [4.69, 9.17) is 18.5 Å². The van der Waals surface area contributed by atoms with Crippen LogP contribution in [0.15, 0.2) is 24.3 Å². The van der Waals surface area contributed by atoms with E-state index < -0.39 is 26.5 Å². The minimum atomic E-state index is -4.37. The van der Waals surface area contributed by atoms with Crippen molar-refractivity contribution < 1.29 is 42.1 Å². The number of carbonyl (C=O) groups excluding carboxylic acids is 2. The number of nitrogens with zero attached hydrogens (tertiary/aromatic N) is 1. The predicted octanol–water partition coefficient (Wildman–Crippen LogP) is 11.6. The first-order valence-electron chi connectivity index (χ1n) is 21.1. The van der Waals surface area contributed by atoms with Gasteiger partial charge in [0, 0.05) is 12.8 Å². The van der Waals surface area contributed by atoms with Crippen LogP contribution in [0.4, 0.5) is 0 Å². The number of ether oxygens (including phenoxy) is 2. The molecule has 1 unspecified atom stereocenters. The molecule has 0 saturated heterocycles. The largest absolute Gasteiger partial charge is 0.472 e. The highest BCUT2D eigenvalue weighted by Crippen LogP contribution is 2.43. The Morgan fingerprint density at radius 2 is 1.00 bits per heavy atom. The fourth-order valence-electron chi connectivity index (χ4n) is 5.58. The molecule has 0 spiro atoms. The van der Waals surface area contributed by atoms with Crippen molar-refractivity contribution in [2.45, 2.75) is 187 Å². The number of phosphoric acid groups is 1. The van der Waals surface area contributed by atoms with Crippen LogP contribution in [-0.2, 0) is 32.7 Å². The molecule has 10 heteroatoms. The van der Waals surface area contributed by atoms with Gasteiger partial charge in [0.05, 0.1) is 27.7 Å². The zero-order valence-electron chi connectivity index (χ0n) is 34.3. The summed E-state index contributed by atoms with van der Waals surface area (Å²) in [6.07, 6.45) is 36.4. The van der Waals surface area contributed by atoms with E-state index in [1.165, 1.54) is 89.9 Å². The van der Waals surface area contributed by atoms with Gasteiger partial charge in [0.25, 0.3) is 0 Å². The molecule has 52 heavy (non-hydrogen) atoms. The summed E-state index contributed by atoms with van der Waals surface area (Å²) < 4.78 is 34.2. The average molecular weight is 759 g/mol. The lowest BCUT2D eigenvalue weighted by Gasteiger charge is -2.24. The fraction of sp³-hybridized carbons (Fsp3) is 0.857. The maximum absolute atomic E-state index is 12.7. The number of esters is 2. The molecule has 0 rings (SSSR count). The van der Waals surface area contributed by atoms with Gasteiger partial charge >= 0.3 is 19.8 Å². The second-order valence-electron chi connectivity index (χ2n) is 15.4. The Labute approximate surface area is 319 Å². The summed E-state index contributed by atoms with van der Waals surface area (Å²) in [7, 11) is 1.47. The molecule has 0 aromatic rings. The van der Waals surface area contributed by atoms with Gasteiger partial charge in [0.1, 0.15) is 19.8 Å². The van der Waals surface area contributed by atoms with Crippen molar-refractivity contribution in [3.8, 4) is 0 Å². The summed E-state index contributed by atoms with van der Waals surface area (Å²) in [5.74, 6) is -0.809. The summed E-state index contributed by atoms with van der Waals surface area (Å²) in [4.78, 5) is 35.3. The van der Waals surface area contributed by atoms with Crippen LogP contribution in [0.2, 0.25) is 0 Å².